The Kier molecular flexibility index (Phi) is 7.04. The molecule has 0 amide bonds. The summed E-state index contributed by atoms with van der Waals surface area (Å²) >= 11 is 12.6. The topological polar surface area (TPSA) is 27.6 Å². The molecule has 4 aromatic rings. The molecular weight excluding hydrogens is 485 g/mol. The van der Waals surface area contributed by atoms with E-state index in [2.05, 4.69) is 84.7 Å². The van der Waals surface area contributed by atoms with Gasteiger partial charge in [0.15, 0.2) is 0 Å². The maximum absolute atomic E-state index is 6.31. The molecule has 5 rings (SSSR count). The van der Waals surface area contributed by atoms with Crippen LogP contribution in [-0.2, 0) is 5.54 Å². The summed E-state index contributed by atoms with van der Waals surface area (Å²) in [5.74, 6) is 1.09. The first-order valence-corrected chi connectivity index (χ1v) is 13.0. The molecular formula is C31H29Cl2N3. The Morgan fingerprint density at radius 3 is 1.97 bits per heavy atom. The quantitative estimate of drug-likeness (QED) is 0.269. The van der Waals surface area contributed by atoms with Gasteiger partial charge in [0.1, 0.15) is 11.4 Å². The van der Waals surface area contributed by atoms with Crippen molar-refractivity contribution in [3.63, 3.8) is 0 Å². The number of amidine groups is 1. The molecule has 3 unspecified atom stereocenters. The number of nitrogens with zero attached hydrogens (tertiary/aromatic N) is 2. The lowest BCUT2D eigenvalue weighted by molar-refractivity contribution is 0.282. The third-order valence-corrected chi connectivity index (χ3v) is 7.63. The van der Waals surface area contributed by atoms with Crippen molar-refractivity contribution in [3.8, 4) is 0 Å². The highest BCUT2D eigenvalue weighted by molar-refractivity contribution is 6.31. The minimum absolute atomic E-state index is 0.0410. The first kappa shape index (κ1) is 24.4. The Balaban J connectivity index is 1.65. The number of nitrogens with one attached hydrogen (secondary N) is 1. The van der Waals surface area contributed by atoms with Crippen molar-refractivity contribution in [2.24, 2.45) is 10.9 Å². The average Bonchev–Trinajstić information content (AvgIpc) is 3.23. The highest BCUT2D eigenvalue weighted by atomic mass is 35.5. The van der Waals surface area contributed by atoms with E-state index in [-0.39, 0.29) is 12.0 Å². The normalized spacial score (nSPS) is 20.2. The number of aliphatic imine (C=N–C) groups is 1. The molecule has 5 heteroatoms. The van der Waals surface area contributed by atoms with E-state index in [1.165, 1.54) is 0 Å². The minimum atomic E-state index is -0.517. The van der Waals surface area contributed by atoms with E-state index in [0.29, 0.717) is 5.02 Å². The largest absolute Gasteiger partial charge is 0.385 e. The van der Waals surface area contributed by atoms with Crippen LogP contribution in [0.15, 0.2) is 114 Å². The third-order valence-electron chi connectivity index (χ3n) is 7.12. The Morgan fingerprint density at radius 1 is 0.806 bits per heavy atom. The second-order valence-corrected chi connectivity index (χ2v) is 10.2. The van der Waals surface area contributed by atoms with Crippen LogP contribution in [0.5, 0.6) is 0 Å². The van der Waals surface area contributed by atoms with E-state index in [4.69, 9.17) is 28.2 Å². The molecule has 1 heterocycles. The van der Waals surface area contributed by atoms with Gasteiger partial charge < -0.3 is 10.2 Å². The lowest BCUT2D eigenvalue weighted by atomic mass is 9.74. The minimum Gasteiger partial charge on any atom is -0.385 e. The molecule has 0 bridgehead atoms. The lowest BCUT2D eigenvalue weighted by Gasteiger charge is -2.40. The van der Waals surface area contributed by atoms with Crippen LogP contribution in [0.2, 0.25) is 10.0 Å². The Morgan fingerprint density at radius 2 is 1.36 bits per heavy atom. The number of hydrogen-bond donors (Lipinski definition) is 1. The molecule has 0 saturated heterocycles. The van der Waals surface area contributed by atoms with Crippen molar-refractivity contribution in [2.45, 2.75) is 25.4 Å². The summed E-state index contributed by atoms with van der Waals surface area (Å²) in [5, 5.41) is 5.06. The molecule has 0 aliphatic carbocycles. The van der Waals surface area contributed by atoms with Gasteiger partial charge in [0.2, 0.25) is 0 Å². The Labute approximate surface area is 223 Å². The van der Waals surface area contributed by atoms with E-state index in [1.807, 2.05) is 48.5 Å². The average molecular weight is 515 g/mol. The predicted molar refractivity (Wildman–Crippen MR) is 154 cm³/mol. The maximum atomic E-state index is 6.31. The molecule has 1 N–H and O–H groups in total. The van der Waals surface area contributed by atoms with Gasteiger partial charge in [-0.3, -0.25) is 4.99 Å². The molecule has 4 aromatic carbocycles. The van der Waals surface area contributed by atoms with Gasteiger partial charge in [-0.15, -0.1) is 0 Å². The summed E-state index contributed by atoms with van der Waals surface area (Å²) in [4.78, 5) is 7.94. The van der Waals surface area contributed by atoms with E-state index in [1.54, 1.807) is 0 Å². The fourth-order valence-corrected chi connectivity index (χ4v) is 5.50. The molecule has 3 nitrogen and oxygen atoms in total. The molecule has 0 spiro atoms. The van der Waals surface area contributed by atoms with Crippen molar-refractivity contribution in [3.05, 3.63) is 130 Å². The number of hydrogen-bond acceptors (Lipinski definition) is 3. The van der Waals surface area contributed by atoms with E-state index < -0.39 is 5.54 Å². The Bertz CT molecular complexity index is 1320. The van der Waals surface area contributed by atoms with Crippen LogP contribution in [0, 0.1) is 5.92 Å². The summed E-state index contributed by atoms with van der Waals surface area (Å²) in [6.45, 7) is 5.31. The van der Waals surface area contributed by atoms with Crippen LogP contribution in [-0.4, -0.2) is 18.4 Å². The monoisotopic (exact) mass is 513 g/mol. The number of rotatable bonds is 7. The zero-order valence-electron chi connectivity index (χ0n) is 20.4. The molecule has 3 atom stereocenters. The van der Waals surface area contributed by atoms with E-state index in [9.17, 15) is 0 Å². The Hall–Kier alpha value is -3.27. The van der Waals surface area contributed by atoms with Gasteiger partial charge in [-0.05, 0) is 73.2 Å². The summed E-state index contributed by atoms with van der Waals surface area (Å²) in [6.07, 6.45) is 0. The number of anilines is 2. The van der Waals surface area contributed by atoms with Gasteiger partial charge in [-0.2, -0.15) is 0 Å². The first-order chi connectivity index (χ1) is 17.5. The second kappa shape index (κ2) is 10.4. The zero-order valence-corrected chi connectivity index (χ0v) is 21.9. The maximum Gasteiger partial charge on any atom is 0.136 e. The highest BCUT2D eigenvalue weighted by Gasteiger charge is 2.51. The molecule has 1 aliphatic rings. The number of halogens is 2. The van der Waals surface area contributed by atoms with Crippen LogP contribution >= 0.6 is 23.2 Å². The van der Waals surface area contributed by atoms with Gasteiger partial charge in [0.25, 0.3) is 0 Å². The molecule has 0 radical (unpaired) electrons. The van der Waals surface area contributed by atoms with Crippen LogP contribution in [0.4, 0.5) is 11.4 Å². The van der Waals surface area contributed by atoms with Gasteiger partial charge in [0, 0.05) is 39.4 Å². The lowest BCUT2D eigenvalue weighted by Crippen LogP contribution is -2.48. The molecule has 0 aromatic heterocycles. The van der Waals surface area contributed by atoms with Crippen LogP contribution in [0.3, 0.4) is 0 Å². The fraction of sp³-hybridized carbons (Fsp3) is 0.194. The predicted octanol–water partition coefficient (Wildman–Crippen LogP) is 8.29. The number of para-hydroxylation sites is 2. The summed E-state index contributed by atoms with van der Waals surface area (Å²) in [6, 6.07) is 37.0. The summed E-state index contributed by atoms with van der Waals surface area (Å²) in [7, 11) is 0. The molecule has 182 valence electrons. The van der Waals surface area contributed by atoms with Gasteiger partial charge in [-0.25, -0.2) is 0 Å². The van der Waals surface area contributed by atoms with E-state index >= 15 is 0 Å². The summed E-state index contributed by atoms with van der Waals surface area (Å²) in [5.41, 5.74) is 3.87. The molecule has 0 saturated carbocycles. The highest BCUT2D eigenvalue weighted by Crippen LogP contribution is 2.47. The molecule has 1 aliphatic heterocycles. The second-order valence-electron chi connectivity index (χ2n) is 9.30. The number of benzene rings is 4. The zero-order chi connectivity index (χ0) is 25.1. The third kappa shape index (κ3) is 4.61. The fourth-order valence-electron chi connectivity index (χ4n) is 5.25. The van der Waals surface area contributed by atoms with Crippen LogP contribution in [0.1, 0.15) is 25.0 Å². The summed E-state index contributed by atoms with van der Waals surface area (Å²) < 4.78 is 0. The van der Waals surface area contributed by atoms with Crippen molar-refractivity contribution in [2.75, 3.05) is 16.8 Å². The van der Waals surface area contributed by atoms with Crippen LogP contribution in [0.25, 0.3) is 0 Å². The van der Waals surface area contributed by atoms with Gasteiger partial charge in [-0.1, -0.05) is 78.7 Å². The van der Waals surface area contributed by atoms with Crippen molar-refractivity contribution >= 4 is 40.4 Å². The molecule has 0 fully saturated rings. The first-order valence-electron chi connectivity index (χ1n) is 12.2. The van der Waals surface area contributed by atoms with Crippen LogP contribution < -0.4 is 10.2 Å². The smallest absolute Gasteiger partial charge is 0.136 e. The van der Waals surface area contributed by atoms with Crippen molar-refractivity contribution in [1.29, 1.82) is 0 Å². The van der Waals surface area contributed by atoms with Crippen molar-refractivity contribution in [1.82, 2.24) is 0 Å². The standard InChI is InChI=1S/C31H29Cl2N3/c1-22(21-34-28-9-5-3-6-10-28)31(25-15-19-27(33)20-16-25)23(2)36(29-11-7-4-8-12-29)30(35-31)24-13-17-26(32)18-14-24/h3-20,22-23,34H,21H2,1-2H3. The van der Waals surface area contributed by atoms with Gasteiger partial charge >= 0.3 is 0 Å². The molecule has 36 heavy (non-hydrogen) atoms. The van der Waals surface area contributed by atoms with E-state index in [0.717, 1.165) is 39.9 Å². The SMILES string of the molecule is CC(CNc1ccccc1)C1(c2ccc(Cl)cc2)N=C(c2ccc(Cl)cc2)N(c2ccccc2)C1C. The van der Waals surface area contributed by atoms with Crippen molar-refractivity contribution < 1.29 is 0 Å². The van der Waals surface area contributed by atoms with Gasteiger partial charge in [0.05, 0.1) is 6.04 Å².